The molecule has 1 aromatic rings. The number of rotatable bonds is 3. The minimum Gasteiger partial charge on any atom is -0.369 e. The zero-order valence-electron chi connectivity index (χ0n) is 10.6. The van der Waals surface area contributed by atoms with E-state index in [-0.39, 0.29) is 11.8 Å². The van der Waals surface area contributed by atoms with E-state index in [4.69, 9.17) is 4.74 Å². The van der Waals surface area contributed by atoms with Crippen LogP contribution in [-0.4, -0.2) is 36.0 Å². The number of hydrogen-bond donors (Lipinski definition) is 1. The number of nitrogens with one attached hydrogen (secondary N) is 1. The smallest absolute Gasteiger partial charge is 0.265 e. The van der Waals surface area contributed by atoms with Crippen LogP contribution >= 0.6 is 0 Å². The molecule has 1 N–H and O–H groups in total. The van der Waals surface area contributed by atoms with E-state index in [9.17, 15) is 9.59 Å². The molecule has 0 spiro atoms. The van der Waals surface area contributed by atoms with Gasteiger partial charge in [-0.1, -0.05) is 30.3 Å². The first-order valence-electron chi connectivity index (χ1n) is 6.07. The van der Waals surface area contributed by atoms with Crippen LogP contribution in [0.4, 0.5) is 0 Å². The summed E-state index contributed by atoms with van der Waals surface area (Å²) in [5.74, 6) is -0.732. The number of amides is 2. The molecule has 5 nitrogen and oxygen atoms in total. The summed E-state index contributed by atoms with van der Waals surface area (Å²) in [6.45, 7) is 1.02. The Kier molecular flexibility index (Phi) is 2.64. The normalized spacial score (nSPS) is 25.3. The first kappa shape index (κ1) is 11.9. The second-order valence-electron chi connectivity index (χ2n) is 4.75. The number of hydrogen-bond acceptors (Lipinski definition) is 4. The van der Waals surface area contributed by atoms with Crippen molar-refractivity contribution in [2.75, 3.05) is 13.7 Å². The van der Waals surface area contributed by atoms with Gasteiger partial charge in [-0.2, -0.15) is 0 Å². The molecule has 2 aliphatic heterocycles. The molecule has 1 atom stereocenters. The van der Waals surface area contributed by atoms with E-state index in [1.54, 1.807) is 6.20 Å². The Hall–Kier alpha value is -2.14. The highest BCUT2D eigenvalue weighted by atomic mass is 16.5. The van der Waals surface area contributed by atoms with E-state index in [0.717, 1.165) is 5.56 Å². The first-order chi connectivity index (χ1) is 9.15. The summed E-state index contributed by atoms with van der Waals surface area (Å²) in [7, 11) is 1.46. The first-order valence-corrected chi connectivity index (χ1v) is 6.07. The van der Waals surface area contributed by atoms with Crippen molar-refractivity contribution in [1.29, 1.82) is 0 Å². The van der Waals surface area contributed by atoms with Gasteiger partial charge in [-0.25, -0.2) is 0 Å². The Morgan fingerprint density at radius 1 is 1.32 bits per heavy atom. The number of carbonyl (C=O) groups excluding carboxylic acids is 2. The molecule has 98 valence electrons. The molecule has 1 fully saturated rings. The van der Waals surface area contributed by atoms with E-state index in [2.05, 4.69) is 5.32 Å². The minimum absolute atomic E-state index is 0.359. The molecule has 5 heteroatoms. The molecule has 1 saturated heterocycles. The van der Waals surface area contributed by atoms with Gasteiger partial charge in [-0.15, -0.1) is 0 Å². The van der Waals surface area contributed by atoms with Crippen LogP contribution in [0.3, 0.4) is 0 Å². The van der Waals surface area contributed by atoms with E-state index < -0.39 is 5.60 Å². The quantitative estimate of drug-likeness (QED) is 0.799. The zero-order valence-corrected chi connectivity index (χ0v) is 10.6. The molecule has 1 aromatic carbocycles. The number of nitrogens with zero attached hydrogens (tertiary/aromatic N) is 1. The molecule has 2 heterocycles. The topological polar surface area (TPSA) is 58.6 Å². The van der Waals surface area contributed by atoms with Gasteiger partial charge in [0, 0.05) is 19.9 Å². The summed E-state index contributed by atoms with van der Waals surface area (Å²) in [6, 6.07) is 9.89. The third-order valence-corrected chi connectivity index (χ3v) is 3.59. The lowest BCUT2D eigenvalue weighted by Crippen LogP contribution is -2.45. The fraction of sp³-hybridized carbons (Fsp3) is 0.286. The van der Waals surface area contributed by atoms with Crippen LogP contribution in [0.1, 0.15) is 5.56 Å². The van der Waals surface area contributed by atoms with Crippen molar-refractivity contribution in [1.82, 2.24) is 10.2 Å². The van der Waals surface area contributed by atoms with Crippen molar-refractivity contribution in [3.63, 3.8) is 0 Å². The van der Waals surface area contributed by atoms with Crippen LogP contribution in [-0.2, 0) is 20.9 Å². The third-order valence-electron chi connectivity index (χ3n) is 3.59. The number of benzene rings is 1. The SMILES string of the molecule is COC12CN(Cc3ccccc3)C=C1C(=O)NC2=O. The van der Waals surface area contributed by atoms with Crippen molar-refractivity contribution in [2.24, 2.45) is 0 Å². The van der Waals surface area contributed by atoms with Gasteiger partial charge in [0.2, 0.25) is 0 Å². The average Bonchev–Trinajstić information content (AvgIpc) is 2.89. The standard InChI is InChI=1S/C14H14N2O3/c1-19-14-9-16(7-10-5-3-2-4-6-10)8-11(14)12(17)15-13(14)18/h2-6,8H,7,9H2,1H3,(H,15,17,18). The van der Waals surface area contributed by atoms with Crippen molar-refractivity contribution >= 4 is 11.8 Å². The van der Waals surface area contributed by atoms with Crippen LogP contribution in [0.15, 0.2) is 42.1 Å². The second-order valence-corrected chi connectivity index (χ2v) is 4.75. The molecule has 2 aliphatic rings. The number of fused-ring (bicyclic) bond motifs is 1. The van der Waals surface area contributed by atoms with Crippen LogP contribution in [0.5, 0.6) is 0 Å². The minimum atomic E-state index is -1.13. The maximum absolute atomic E-state index is 11.9. The van der Waals surface area contributed by atoms with Crippen molar-refractivity contribution in [3.8, 4) is 0 Å². The molecule has 19 heavy (non-hydrogen) atoms. The lowest BCUT2D eigenvalue weighted by Gasteiger charge is -2.24. The molecule has 0 saturated carbocycles. The molecule has 0 radical (unpaired) electrons. The summed E-state index contributed by atoms with van der Waals surface area (Å²) in [6.07, 6.45) is 1.72. The molecule has 1 unspecified atom stereocenters. The predicted molar refractivity (Wildman–Crippen MR) is 67.8 cm³/mol. The molecule has 2 amide bonds. The maximum atomic E-state index is 11.9. The van der Waals surface area contributed by atoms with Crippen molar-refractivity contribution in [2.45, 2.75) is 12.1 Å². The lowest BCUT2D eigenvalue weighted by molar-refractivity contribution is -0.136. The van der Waals surface area contributed by atoms with Crippen molar-refractivity contribution in [3.05, 3.63) is 47.7 Å². The monoisotopic (exact) mass is 258 g/mol. The number of ether oxygens (including phenoxy) is 1. The second kappa shape index (κ2) is 4.20. The van der Waals surface area contributed by atoms with E-state index >= 15 is 0 Å². The van der Waals surface area contributed by atoms with Gasteiger partial charge in [0.05, 0.1) is 12.1 Å². The van der Waals surface area contributed by atoms with Gasteiger partial charge in [-0.3, -0.25) is 14.9 Å². The van der Waals surface area contributed by atoms with Crippen LogP contribution in [0, 0.1) is 0 Å². The molecule has 0 aromatic heterocycles. The maximum Gasteiger partial charge on any atom is 0.265 e. The molecule has 3 rings (SSSR count). The fourth-order valence-electron chi connectivity index (χ4n) is 2.60. The summed E-state index contributed by atoms with van der Waals surface area (Å²) in [4.78, 5) is 25.5. The van der Waals surface area contributed by atoms with E-state index in [1.807, 2.05) is 35.2 Å². The van der Waals surface area contributed by atoms with E-state index in [1.165, 1.54) is 7.11 Å². The Morgan fingerprint density at radius 3 is 2.68 bits per heavy atom. The predicted octanol–water partition coefficient (Wildman–Crippen LogP) is 0.428. The number of carbonyl (C=O) groups is 2. The van der Waals surface area contributed by atoms with Crippen LogP contribution in [0.25, 0.3) is 0 Å². The van der Waals surface area contributed by atoms with Gasteiger partial charge in [0.15, 0.2) is 5.60 Å². The fourth-order valence-corrected chi connectivity index (χ4v) is 2.60. The zero-order chi connectivity index (χ0) is 13.5. The Bertz CT molecular complexity index is 567. The van der Waals surface area contributed by atoms with Gasteiger partial charge in [-0.05, 0) is 5.56 Å². The molecular formula is C14H14N2O3. The summed E-state index contributed by atoms with van der Waals surface area (Å²) >= 11 is 0. The van der Waals surface area contributed by atoms with Crippen LogP contribution < -0.4 is 5.32 Å². The Labute approximate surface area is 110 Å². The third kappa shape index (κ3) is 1.74. The highest BCUT2D eigenvalue weighted by Gasteiger charge is 2.56. The summed E-state index contributed by atoms with van der Waals surface area (Å²) < 4.78 is 5.33. The van der Waals surface area contributed by atoms with Crippen molar-refractivity contribution < 1.29 is 14.3 Å². The highest BCUT2D eigenvalue weighted by Crippen LogP contribution is 2.34. The summed E-state index contributed by atoms with van der Waals surface area (Å²) in [5.41, 5.74) is 0.389. The van der Waals surface area contributed by atoms with Gasteiger partial charge < -0.3 is 9.64 Å². The molecular weight excluding hydrogens is 244 g/mol. The largest absolute Gasteiger partial charge is 0.369 e. The Balaban J connectivity index is 1.86. The summed E-state index contributed by atoms with van der Waals surface area (Å²) in [5, 5.41) is 2.30. The van der Waals surface area contributed by atoms with Gasteiger partial charge in [0.25, 0.3) is 11.8 Å². The highest BCUT2D eigenvalue weighted by molar-refractivity contribution is 6.19. The molecule has 0 aliphatic carbocycles. The number of imide groups is 1. The lowest BCUT2D eigenvalue weighted by atomic mass is 9.99. The van der Waals surface area contributed by atoms with Crippen LogP contribution in [0.2, 0.25) is 0 Å². The molecule has 0 bridgehead atoms. The number of methoxy groups -OCH3 is 1. The van der Waals surface area contributed by atoms with Gasteiger partial charge >= 0.3 is 0 Å². The van der Waals surface area contributed by atoms with Gasteiger partial charge in [0.1, 0.15) is 0 Å². The van der Waals surface area contributed by atoms with E-state index in [0.29, 0.717) is 18.7 Å². The average molecular weight is 258 g/mol. The Morgan fingerprint density at radius 2 is 2.05 bits per heavy atom.